The van der Waals surface area contributed by atoms with Gasteiger partial charge in [0.1, 0.15) is 0 Å². The van der Waals surface area contributed by atoms with Crippen LogP contribution in [0.5, 0.6) is 5.88 Å². The molecule has 66 valence electrons. The topological polar surface area (TPSA) is 66.0 Å². The third-order valence-electron chi connectivity index (χ3n) is 1.30. The van der Waals surface area contributed by atoms with Crippen molar-refractivity contribution in [3.05, 3.63) is 15.9 Å². The van der Waals surface area contributed by atoms with Gasteiger partial charge in [-0.05, 0) is 6.26 Å². The number of aromatic amines is 1. The van der Waals surface area contributed by atoms with Crippen LogP contribution in [0.4, 0.5) is 0 Å². The molecule has 1 heterocycles. The molecule has 0 fully saturated rings. The van der Waals surface area contributed by atoms with Gasteiger partial charge >= 0.3 is 0 Å². The van der Waals surface area contributed by atoms with E-state index in [1.165, 1.54) is 11.8 Å². The maximum Gasteiger partial charge on any atom is 0.259 e. The molecule has 0 atom stereocenters. The fourth-order valence-corrected chi connectivity index (χ4v) is 1.74. The highest BCUT2D eigenvalue weighted by molar-refractivity contribution is 14.1. The molecule has 1 rings (SSSR count). The third kappa shape index (κ3) is 1.92. The molecule has 12 heavy (non-hydrogen) atoms. The van der Waals surface area contributed by atoms with Gasteiger partial charge in [0.05, 0.1) is 5.56 Å². The fourth-order valence-electron chi connectivity index (χ4n) is 0.683. The van der Waals surface area contributed by atoms with Crippen molar-refractivity contribution in [1.82, 2.24) is 9.97 Å². The molecule has 0 radical (unpaired) electrons. The van der Waals surface area contributed by atoms with Gasteiger partial charge in [-0.25, -0.2) is 0 Å². The summed E-state index contributed by atoms with van der Waals surface area (Å²) in [4.78, 5) is 17.5. The molecule has 2 N–H and O–H groups in total. The first-order valence-electron chi connectivity index (χ1n) is 3.11. The van der Waals surface area contributed by atoms with Crippen molar-refractivity contribution in [3.8, 4) is 5.88 Å². The van der Waals surface area contributed by atoms with Crippen LogP contribution in [-0.4, -0.2) is 21.3 Å². The Bertz CT molecular complexity index is 339. The molecule has 0 saturated carbocycles. The van der Waals surface area contributed by atoms with Crippen LogP contribution in [0.25, 0.3) is 0 Å². The Morgan fingerprint density at radius 2 is 2.42 bits per heavy atom. The van der Waals surface area contributed by atoms with Gasteiger partial charge in [-0.15, -0.1) is 0 Å². The molecule has 0 unspecified atom stereocenters. The Labute approximate surface area is 86.9 Å². The molecule has 0 aliphatic carbocycles. The average Bonchev–Trinajstić information content (AvgIpc) is 2.03. The van der Waals surface area contributed by atoms with E-state index in [2.05, 4.69) is 9.97 Å². The Hall–Kier alpha value is -0.240. The monoisotopic (exact) mass is 298 g/mol. The van der Waals surface area contributed by atoms with Crippen molar-refractivity contribution in [2.75, 3.05) is 6.26 Å². The highest BCUT2D eigenvalue weighted by atomic mass is 127. The van der Waals surface area contributed by atoms with E-state index >= 15 is 0 Å². The van der Waals surface area contributed by atoms with Gasteiger partial charge in [0.25, 0.3) is 5.56 Å². The van der Waals surface area contributed by atoms with Crippen molar-refractivity contribution in [3.63, 3.8) is 0 Å². The number of H-pyrrole nitrogens is 1. The van der Waals surface area contributed by atoms with E-state index in [0.29, 0.717) is 15.1 Å². The first-order valence-corrected chi connectivity index (χ1v) is 5.86. The summed E-state index contributed by atoms with van der Waals surface area (Å²) in [5.74, 6) is -0.169. The number of aromatic hydroxyl groups is 1. The third-order valence-corrected chi connectivity index (χ3v) is 2.64. The smallest absolute Gasteiger partial charge is 0.259 e. The Balaban J connectivity index is 3.28. The maximum absolute atomic E-state index is 11.2. The molecule has 0 aliphatic heterocycles. The van der Waals surface area contributed by atoms with Crippen molar-refractivity contribution in [1.29, 1.82) is 0 Å². The van der Waals surface area contributed by atoms with E-state index in [-0.39, 0.29) is 11.4 Å². The molecule has 0 amide bonds. The van der Waals surface area contributed by atoms with Crippen LogP contribution in [0.3, 0.4) is 0 Å². The van der Waals surface area contributed by atoms with Crippen LogP contribution in [0.2, 0.25) is 0 Å². The number of thioether (sulfide) groups is 1. The lowest BCUT2D eigenvalue weighted by Gasteiger charge is -2.00. The second-order valence-electron chi connectivity index (χ2n) is 2.01. The molecular weight excluding hydrogens is 291 g/mol. The zero-order valence-electron chi connectivity index (χ0n) is 6.30. The summed E-state index contributed by atoms with van der Waals surface area (Å²) in [7, 11) is 0. The predicted molar refractivity (Wildman–Crippen MR) is 56.0 cm³/mol. The van der Waals surface area contributed by atoms with E-state index < -0.39 is 0 Å². The second kappa shape index (κ2) is 4.13. The lowest BCUT2D eigenvalue weighted by Crippen LogP contribution is -2.13. The van der Waals surface area contributed by atoms with E-state index in [4.69, 9.17) is 0 Å². The van der Waals surface area contributed by atoms with E-state index in [1.54, 1.807) is 6.26 Å². The highest BCUT2D eigenvalue weighted by Crippen LogP contribution is 2.15. The lowest BCUT2D eigenvalue weighted by molar-refractivity contribution is 0.439. The Kier molecular flexibility index (Phi) is 3.39. The first kappa shape index (κ1) is 9.85. The zero-order chi connectivity index (χ0) is 9.14. The van der Waals surface area contributed by atoms with Crippen LogP contribution in [0.1, 0.15) is 5.56 Å². The van der Waals surface area contributed by atoms with Gasteiger partial charge in [0, 0.05) is 4.43 Å². The van der Waals surface area contributed by atoms with Crippen LogP contribution in [0.15, 0.2) is 9.95 Å². The van der Waals surface area contributed by atoms with E-state index in [0.717, 1.165) is 0 Å². The SMILES string of the molecule is CSc1nc(O)c(CI)c(=O)[nH]1. The fraction of sp³-hybridized carbons (Fsp3) is 0.333. The zero-order valence-corrected chi connectivity index (χ0v) is 9.27. The van der Waals surface area contributed by atoms with Crippen LogP contribution in [0, 0.1) is 0 Å². The number of rotatable bonds is 2. The number of nitrogens with one attached hydrogen (secondary N) is 1. The molecule has 0 aliphatic rings. The summed E-state index contributed by atoms with van der Waals surface area (Å²) in [6, 6.07) is 0. The average molecular weight is 298 g/mol. The summed E-state index contributed by atoms with van der Waals surface area (Å²) >= 11 is 3.29. The summed E-state index contributed by atoms with van der Waals surface area (Å²) in [5.41, 5.74) is 0.0645. The molecule has 6 heteroatoms. The molecule has 1 aromatic rings. The minimum absolute atomic E-state index is 0.169. The van der Waals surface area contributed by atoms with Crippen molar-refractivity contribution >= 4 is 34.4 Å². The molecular formula is C6H7IN2O2S. The summed E-state index contributed by atoms with van der Waals surface area (Å²) in [6.45, 7) is 0. The predicted octanol–water partition coefficient (Wildman–Crippen LogP) is 1.13. The van der Waals surface area contributed by atoms with Gasteiger partial charge in [-0.1, -0.05) is 34.4 Å². The van der Waals surface area contributed by atoms with Gasteiger partial charge in [0.15, 0.2) is 5.16 Å². The Morgan fingerprint density at radius 1 is 1.75 bits per heavy atom. The van der Waals surface area contributed by atoms with Gasteiger partial charge in [-0.2, -0.15) is 4.98 Å². The number of hydrogen-bond donors (Lipinski definition) is 2. The minimum atomic E-state index is -0.263. The normalized spacial score (nSPS) is 10.2. The van der Waals surface area contributed by atoms with Gasteiger partial charge in [0.2, 0.25) is 5.88 Å². The van der Waals surface area contributed by atoms with Gasteiger partial charge in [-0.3, -0.25) is 4.79 Å². The first-order chi connectivity index (χ1) is 5.69. The molecule has 0 bridgehead atoms. The van der Waals surface area contributed by atoms with Crippen molar-refractivity contribution < 1.29 is 5.11 Å². The van der Waals surface area contributed by atoms with E-state index in [1.807, 2.05) is 22.6 Å². The van der Waals surface area contributed by atoms with Crippen molar-refractivity contribution in [2.45, 2.75) is 9.58 Å². The number of aromatic nitrogens is 2. The molecule has 0 saturated heterocycles. The number of halogens is 1. The number of alkyl halides is 1. The Morgan fingerprint density at radius 3 is 2.83 bits per heavy atom. The number of hydrogen-bond acceptors (Lipinski definition) is 4. The largest absolute Gasteiger partial charge is 0.493 e. The number of nitrogens with zero attached hydrogens (tertiary/aromatic N) is 1. The summed E-state index contributed by atoms with van der Waals surface area (Å²) < 4.78 is 0.459. The summed E-state index contributed by atoms with van der Waals surface area (Å²) in [5, 5.41) is 9.69. The van der Waals surface area contributed by atoms with Gasteiger partial charge < -0.3 is 10.1 Å². The summed E-state index contributed by atoms with van der Waals surface area (Å²) in [6.07, 6.45) is 1.78. The van der Waals surface area contributed by atoms with Crippen LogP contribution < -0.4 is 5.56 Å². The van der Waals surface area contributed by atoms with Crippen molar-refractivity contribution in [2.24, 2.45) is 0 Å². The lowest BCUT2D eigenvalue weighted by atomic mass is 10.4. The molecule has 0 aromatic carbocycles. The molecule has 4 nitrogen and oxygen atoms in total. The van der Waals surface area contributed by atoms with E-state index in [9.17, 15) is 9.90 Å². The maximum atomic E-state index is 11.2. The van der Waals surface area contributed by atoms with Crippen LogP contribution in [-0.2, 0) is 4.43 Å². The molecule has 1 aromatic heterocycles. The highest BCUT2D eigenvalue weighted by Gasteiger charge is 2.07. The molecule has 0 spiro atoms. The quantitative estimate of drug-likeness (QED) is 0.372. The van der Waals surface area contributed by atoms with Crippen LogP contribution >= 0.6 is 34.4 Å². The standard InChI is InChI=1S/C6H7IN2O2S/c1-12-6-8-4(10)3(2-7)5(11)9-6/h2H2,1H3,(H2,8,9,10,11). The second-order valence-corrected chi connectivity index (χ2v) is 3.57. The minimum Gasteiger partial charge on any atom is -0.493 e.